The SMILES string of the molecule is O=C(NC1CCCCC1)C1CCN(c2nn3c(=O)c4c(nc3s2)CCCC4)CC1. The van der Waals surface area contributed by atoms with Gasteiger partial charge in [0.15, 0.2) is 0 Å². The van der Waals surface area contributed by atoms with Crippen molar-refractivity contribution in [3.63, 3.8) is 0 Å². The predicted molar refractivity (Wildman–Crippen MR) is 114 cm³/mol. The normalized spacial score (nSPS) is 21.3. The van der Waals surface area contributed by atoms with Crippen LogP contribution in [0.2, 0.25) is 0 Å². The van der Waals surface area contributed by atoms with Crippen LogP contribution in [-0.2, 0) is 17.6 Å². The number of carbonyl (C=O) groups excluding carboxylic acids is 1. The lowest BCUT2D eigenvalue weighted by molar-refractivity contribution is -0.126. The first-order valence-electron chi connectivity index (χ1n) is 11.2. The van der Waals surface area contributed by atoms with E-state index in [1.165, 1.54) is 35.1 Å². The summed E-state index contributed by atoms with van der Waals surface area (Å²) in [5, 5.41) is 8.72. The van der Waals surface area contributed by atoms with E-state index < -0.39 is 0 Å². The molecule has 1 saturated heterocycles. The minimum Gasteiger partial charge on any atom is -0.353 e. The maximum absolute atomic E-state index is 12.8. The molecule has 8 heteroatoms. The molecule has 2 aliphatic carbocycles. The van der Waals surface area contributed by atoms with Gasteiger partial charge in [-0.2, -0.15) is 4.52 Å². The number of anilines is 1. The van der Waals surface area contributed by atoms with E-state index in [-0.39, 0.29) is 17.4 Å². The summed E-state index contributed by atoms with van der Waals surface area (Å²) in [4.78, 5) is 33.1. The van der Waals surface area contributed by atoms with Crippen molar-refractivity contribution in [3.8, 4) is 0 Å². The minimum absolute atomic E-state index is 0.00828. The molecule has 7 nitrogen and oxygen atoms in total. The number of piperidine rings is 1. The second-order valence-electron chi connectivity index (χ2n) is 8.73. The highest BCUT2D eigenvalue weighted by Crippen LogP contribution is 2.28. The molecule has 1 N–H and O–H groups in total. The van der Waals surface area contributed by atoms with Gasteiger partial charge >= 0.3 is 0 Å². The first kappa shape index (κ1) is 19.0. The van der Waals surface area contributed by atoms with Crippen LogP contribution in [0.3, 0.4) is 0 Å². The molecule has 1 saturated carbocycles. The van der Waals surface area contributed by atoms with Crippen molar-refractivity contribution in [2.45, 2.75) is 76.7 Å². The predicted octanol–water partition coefficient (Wildman–Crippen LogP) is 2.70. The largest absolute Gasteiger partial charge is 0.353 e. The Balaban J connectivity index is 1.26. The molecule has 0 unspecified atom stereocenters. The van der Waals surface area contributed by atoms with Gasteiger partial charge in [-0.1, -0.05) is 30.6 Å². The van der Waals surface area contributed by atoms with E-state index in [4.69, 9.17) is 4.98 Å². The van der Waals surface area contributed by atoms with Gasteiger partial charge in [-0.15, -0.1) is 5.10 Å². The fourth-order valence-corrected chi connectivity index (χ4v) is 5.95. The summed E-state index contributed by atoms with van der Waals surface area (Å²) >= 11 is 1.49. The summed E-state index contributed by atoms with van der Waals surface area (Å²) in [7, 11) is 0. The number of fused-ring (bicyclic) bond motifs is 2. The zero-order valence-electron chi connectivity index (χ0n) is 16.9. The van der Waals surface area contributed by atoms with Crippen LogP contribution in [0.25, 0.3) is 4.96 Å². The molecule has 156 valence electrons. The molecule has 0 bridgehead atoms. The Hall–Kier alpha value is -1.96. The van der Waals surface area contributed by atoms with Crippen molar-refractivity contribution in [3.05, 3.63) is 21.6 Å². The summed E-state index contributed by atoms with van der Waals surface area (Å²) in [5.41, 5.74) is 1.83. The second kappa shape index (κ2) is 8.05. The number of hydrogen-bond donors (Lipinski definition) is 1. The number of nitrogens with one attached hydrogen (secondary N) is 1. The molecule has 1 amide bonds. The van der Waals surface area contributed by atoms with E-state index >= 15 is 0 Å². The molecule has 2 fully saturated rings. The zero-order chi connectivity index (χ0) is 19.8. The van der Waals surface area contributed by atoms with Crippen molar-refractivity contribution < 1.29 is 4.79 Å². The third-order valence-corrected chi connectivity index (χ3v) is 7.73. The van der Waals surface area contributed by atoms with Gasteiger partial charge in [0, 0.05) is 30.6 Å². The van der Waals surface area contributed by atoms with Gasteiger partial charge in [-0.3, -0.25) is 9.59 Å². The van der Waals surface area contributed by atoms with Crippen molar-refractivity contribution in [2.75, 3.05) is 18.0 Å². The fraction of sp³-hybridized carbons (Fsp3) is 0.714. The smallest absolute Gasteiger partial charge is 0.278 e. The lowest BCUT2D eigenvalue weighted by atomic mass is 9.92. The lowest BCUT2D eigenvalue weighted by Gasteiger charge is -2.32. The Bertz CT molecular complexity index is 954. The molecule has 0 aromatic carbocycles. The van der Waals surface area contributed by atoms with Crippen LogP contribution in [0.4, 0.5) is 5.13 Å². The van der Waals surface area contributed by atoms with E-state index in [9.17, 15) is 9.59 Å². The number of rotatable bonds is 3. The monoisotopic (exact) mass is 415 g/mol. The standard InChI is InChI=1S/C21H29N5O2S/c27-18(22-15-6-2-1-3-7-15)14-10-12-25(13-11-14)21-24-26-19(28)16-8-4-5-9-17(16)23-20(26)29-21/h14-15H,1-13H2,(H,22,27). The molecule has 2 aromatic rings. The van der Waals surface area contributed by atoms with Gasteiger partial charge in [0.25, 0.3) is 5.56 Å². The van der Waals surface area contributed by atoms with Gasteiger partial charge < -0.3 is 10.2 Å². The quantitative estimate of drug-likeness (QED) is 0.834. The summed E-state index contributed by atoms with van der Waals surface area (Å²) in [6.07, 6.45) is 11.6. The van der Waals surface area contributed by atoms with Crippen LogP contribution in [0.1, 0.15) is 69.0 Å². The Morgan fingerprint density at radius 3 is 2.55 bits per heavy atom. The van der Waals surface area contributed by atoms with E-state index in [1.807, 2.05) is 0 Å². The Morgan fingerprint density at radius 2 is 1.76 bits per heavy atom. The highest BCUT2D eigenvalue weighted by atomic mass is 32.1. The average Bonchev–Trinajstić information content (AvgIpc) is 3.19. The number of aromatic nitrogens is 3. The van der Waals surface area contributed by atoms with Crippen LogP contribution in [0, 0.1) is 5.92 Å². The molecular formula is C21H29N5O2S. The first-order valence-corrected chi connectivity index (χ1v) is 12.0. The molecule has 29 heavy (non-hydrogen) atoms. The number of nitrogens with zero attached hydrogens (tertiary/aromatic N) is 4. The Labute approximate surface area is 174 Å². The highest BCUT2D eigenvalue weighted by Gasteiger charge is 2.29. The number of amides is 1. The fourth-order valence-electron chi connectivity index (χ4n) is 4.99. The Morgan fingerprint density at radius 1 is 1.00 bits per heavy atom. The van der Waals surface area contributed by atoms with E-state index in [0.717, 1.165) is 80.8 Å². The maximum atomic E-state index is 12.8. The molecule has 3 heterocycles. The first-order chi connectivity index (χ1) is 14.2. The molecule has 5 rings (SSSR count). The van der Waals surface area contributed by atoms with Crippen LogP contribution in [-0.4, -0.2) is 39.6 Å². The molecule has 0 atom stereocenters. The summed E-state index contributed by atoms with van der Waals surface area (Å²) in [6, 6.07) is 0.377. The van der Waals surface area contributed by atoms with Crippen LogP contribution in [0.15, 0.2) is 4.79 Å². The number of carbonyl (C=O) groups is 1. The van der Waals surface area contributed by atoms with Crippen molar-refractivity contribution in [1.29, 1.82) is 0 Å². The summed E-state index contributed by atoms with van der Waals surface area (Å²) < 4.78 is 1.49. The molecular weight excluding hydrogens is 386 g/mol. The topological polar surface area (TPSA) is 79.6 Å². The van der Waals surface area contributed by atoms with Crippen LogP contribution in [0.5, 0.6) is 0 Å². The molecule has 2 aromatic heterocycles. The van der Waals surface area contributed by atoms with E-state index in [0.29, 0.717) is 11.0 Å². The second-order valence-corrected chi connectivity index (χ2v) is 9.67. The van der Waals surface area contributed by atoms with E-state index in [1.54, 1.807) is 0 Å². The molecule has 1 aliphatic heterocycles. The summed E-state index contributed by atoms with van der Waals surface area (Å²) in [5.74, 6) is 0.321. The van der Waals surface area contributed by atoms with Gasteiger partial charge in [0.05, 0.1) is 5.69 Å². The van der Waals surface area contributed by atoms with Crippen molar-refractivity contribution in [2.24, 2.45) is 5.92 Å². The molecule has 0 radical (unpaired) electrons. The van der Waals surface area contributed by atoms with Crippen LogP contribution < -0.4 is 15.8 Å². The third-order valence-electron chi connectivity index (χ3n) is 6.76. The zero-order valence-corrected chi connectivity index (χ0v) is 17.7. The number of aryl methyl sites for hydroxylation is 1. The van der Waals surface area contributed by atoms with Crippen molar-refractivity contribution in [1.82, 2.24) is 19.9 Å². The van der Waals surface area contributed by atoms with Gasteiger partial charge in [0.2, 0.25) is 16.0 Å². The third kappa shape index (κ3) is 3.79. The lowest BCUT2D eigenvalue weighted by Crippen LogP contribution is -2.44. The van der Waals surface area contributed by atoms with Crippen LogP contribution >= 0.6 is 11.3 Å². The van der Waals surface area contributed by atoms with E-state index in [2.05, 4.69) is 15.3 Å². The highest BCUT2D eigenvalue weighted by molar-refractivity contribution is 7.20. The van der Waals surface area contributed by atoms with Crippen molar-refractivity contribution >= 4 is 27.3 Å². The van der Waals surface area contributed by atoms with Gasteiger partial charge in [0.1, 0.15) is 0 Å². The maximum Gasteiger partial charge on any atom is 0.278 e. The summed E-state index contributed by atoms with van der Waals surface area (Å²) in [6.45, 7) is 1.61. The Kier molecular flexibility index (Phi) is 5.28. The number of hydrogen-bond acceptors (Lipinski definition) is 6. The minimum atomic E-state index is 0.00828. The molecule has 0 spiro atoms. The average molecular weight is 416 g/mol. The van der Waals surface area contributed by atoms with Gasteiger partial charge in [-0.05, 0) is 51.4 Å². The molecule has 3 aliphatic rings. The van der Waals surface area contributed by atoms with Gasteiger partial charge in [-0.25, -0.2) is 4.98 Å².